The number of carbonyl (C=O) groups excluding carboxylic acids is 2. The quantitative estimate of drug-likeness (QED) is 0.713. The van der Waals surface area contributed by atoms with Gasteiger partial charge in [0.1, 0.15) is 11.5 Å². The Labute approximate surface area is 182 Å². The number of nitrogens with zero attached hydrogens (tertiary/aromatic N) is 2. The van der Waals surface area contributed by atoms with Gasteiger partial charge in [-0.1, -0.05) is 30.3 Å². The van der Waals surface area contributed by atoms with E-state index in [-0.39, 0.29) is 18.4 Å². The van der Waals surface area contributed by atoms with Gasteiger partial charge < -0.3 is 24.0 Å². The van der Waals surface area contributed by atoms with Gasteiger partial charge in [0.05, 0.1) is 19.3 Å². The van der Waals surface area contributed by atoms with Crippen LogP contribution in [-0.4, -0.2) is 67.2 Å². The molecule has 1 spiro atoms. The van der Waals surface area contributed by atoms with Crippen molar-refractivity contribution >= 4 is 11.8 Å². The normalized spacial score (nSPS) is 21.3. The van der Waals surface area contributed by atoms with Crippen molar-refractivity contribution in [2.45, 2.75) is 24.9 Å². The van der Waals surface area contributed by atoms with Crippen molar-refractivity contribution < 1.29 is 23.8 Å². The number of rotatable bonds is 6. The molecular weight excluding hydrogens is 396 g/mol. The molecule has 2 aromatic rings. The van der Waals surface area contributed by atoms with Crippen molar-refractivity contribution in [3.8, 4) is 11.5 Å². The topological polar surface area (TPSA) is 68.3 Å². The summed E-state index contributed by atoms with van der Waals surface area (Å²) in [5.74, 6) is 1.26. The molecule has 0 saturated carbocycles. The molecule has 164 valence electrons. The second-order valence-corrected chi connectivity index (χ2v) is 8.02. The van der Waals surface area contributed by atoms with Crippen molar-refractivity contribution in [3.63, 3.8) is 0 Å². The zero-order valence-corrected chi connectivity index (χ0v) is 17.8. The smallest absolute Gasteiger partial charge is 0.260 e. The average molecular weight is 424 g/mol. The first kappa shape index (κ1) is 21.2. The van der Waals surface area contributed by atoms with Crippen molar-refractivity contribution in [2.24, 2.45) is 0 Å². The van der Waals surface area contributed by atoms with Crippen LogP contribution < -0.4 is 9.47 Å². The van der Waals surface area contributed by atoms with Gasteiger partial charge >= 0.3 is 0 Å². The maximum absolute atomic E-state index is 13.1. The Bertz CT molecular complexity index is 894. The second-order valence-electron chi connectivity index (χ2n) is 8.02. The summed E-state index contributed by atoms with van der Waals surface area (Å²) >= 11 is 0. The lowest BCUT2D eigenvalue weighted by molar-refractivity contribution is -0.139. The Kier molecular flexibility index (Phi) is 6.42. The van der Waals surface area contributed by atoms with E-state index in [0.29, 0.717) is 51.4 Å². The Morgan fingerprint density at radius 3 is 2.52 bits per heavy atom. The molecule has 2 saturated heterocycles. The maximum atomic E-state index is 13.1. The number of hydrogen-bond acceptors (Lipinski definition) is 5. The zero-order chi connectivity index (χ0) is 21.7. The molecule has 0 radical (unpaired) electrons. The van der Waals surface area contributed by atoms with Crippen molar-refractivity contribution in [1.29, 1.82) is 0 Å². The first-order valence-electron chi connectivity index (χ1n) is 10.6. The lowest BCUT2D eigenvalue weighted by atomic mass is 9.94. The van der Waals surface area contributed by atoms with Crippen LogP contribution in [0.25, 0.3) is 0 Å². The number of ether oxygens (including phenoxy) is 3. The van der Waals surface area contributed by atoms with Gasteiger partial charge in [0.2, 0.25) is 5.91 Å². The minimum Gasteiger partial charge on any atom is -0.497 e. The van der Waals surface area contributed by atoms with E-state index in [4.69, 9.17) is 14.2 Å². The van der Waals surface area contributed by atoms with E-state index in [1.807, 2.05) is 35.2 Å². The summed E-state index contributed by atoms with van der Waals surface area (Å²) in [5, 5.41) is 0. The molecule has 0 N–H and O–H groups in total. The molecule has 7 heteroatoms. The molecule has 2 aliphatic heterocycles. The van der Waals surface area contributed by atoms with Gasteiger partial charge in [-0.05, 0) is 36.2 Å². The van der Waals surface area contributed by atoms with Crippen LogP contribution in [-0.2, 0) is 20.9 Å². The Morgan fingerprint density at radius 1 is 1.10 bits per heavy atom. The molecule has 7 nitrogen and oxygen atoms in total. The summed E-state index contributed by atoms with van der Waals surface area (Å²) in [6.45, 7) is 2.31. The van der Waals surface area contributed by atoms with Crippen LogP contribution in [0, 0.1) is 0 Å². The molecule has 2 heterocycles. The van der Waals surface area contributed by atoms with Gasteiger partial charge in [0, 0.05) is 32.7 Å². The molecule has 0 aliphatic carbocycles. The molecule has 2 aromatic carbocycles. The number of methoxy groups -OCH3 is 1. The third-order valence-corrected chi connectivity index (χ3v) is 5.99. The fourth-order valence-corrected chi connectivity index (χ4v) is 4.23. The highest BCUT2D eigenvalue weighted by Gasteiger charge is 2.47. The molecule has 2 aliphatic rings. The summed E-state index contributed by atoms with van der Waals surface area (Å²) in [4.78, 5) is 29.7. The van der Waals surface area contributed by atoms with Gasteiger partial charge in [-0.3, -0.25) is 9.59 Å². The van der Waals surface area contributed by atoms with E-state index >= 15 is 0 Å². The summed E-state index contributed by atoms with van der Waals surface area (Å²) in [6.07, 6.45) is 1.01. The van der Waals surface area contributed by atoms with E-state index in [2.05, 4.69) is 0 Å². The van der Waals surface area contributed by atoms with Gasteiger partial charge in [-0.2, -0.15) is 0 Å². The molecule has 4 rings (SSSR count). The van der Waals surface area contributed by atoms with E-state index in [1.165, 1.54) is 0 Å². The monoisotopic (exact) mass is 424 g/mol. The highest BCUT2D eigenvalue weighted by atomic mass is 16.5. The second kappa shape index (κ2) is 9.39. The first-order valence-corrected chi connectivity index (χ1v) is 10.6. The summed E-state index contributed by atoms with van der Waals surface area (Å²) < 4.78 is 16.5. The fraction of sp³-hybridized carbons (Fsp3) is 0.417. The highest BCUT2D eigenvalue weighted by Crippen LogP contribution is 2.32. The molecule has 0 aromatic heterocycles. The first-order chi connectivity index (χ1) is 15.1. The molecular formula is C24H28N2O5. The fourth-order valence-electron chi connectivity index (χ4n) is 4.23. The Morgan fingerprint density at radius 2 is 1.84 bits per heavy atom. The molecule has 1 atom stereocenters. The van der Waals surface area contributed by atoms with Gasteiger partial charge in [-0.25, -0.2) is 0 Å². The van der Waals surface area contributed by atoms with Crippen molar-refractivity contribution in [1.82, 2.24) is 9.80 Å². The number of hydrogen-bond donors (Lipinski definition) is 0. The Balaban J connectivity index is 1.46. The van der Waals surface area contributed by atoms with Crippen molar-refractivity contribution in [2.75, 3.05) is 40.0 Å². The minimum absolute atomic E-state index is 0.0562. The predicted molar refractivity (Wildman–Crippen MR) is 115 cm³/mol. The van der Waals surface area contributed by atoms with Crippen LogP contribution >= 0.6 is 0 Å². The lowest BCUT2D eigenvalue weighted by Crippen LogP contribution is -2.56. The number of amides is 2. The predicted octanol–water partition coefficient (Wildman–Crippen LogP) is 2.49. The standard InChI is InChI=1S/C24H28N2O5/c1-29-20-7-9-21(10-8-20)31-16-23(28)25-13-11-22(27)26(15-19-5-3-2-4-6-19)24(17-25)12-14-30-18-24/h2-10H,11-18H2,1H3. The van der Waals surface area contributed by atoms with Crippen LogP contribution in [0.4, 0.5) is 0 Å². The van der Waals surface area contributed by atoms with E-state index in [0.717, 1.165) is 11.3 Å². The third-order valence-electron chi connectivity index (χ3n) is 5.99. The van der Waals surface area contributed by atoms with Crippen molar-refractivity contribution in [3.05, 3.63) is 60.2 Å². The summed E-state index contributed by atoms with van der Waals surface area (Å²) in [5.41, 5.74) is 0.573. The van der Waals surface area contributed by atoms with Crippen LogP contribution in [0.2, 0.25) is 0 Å². The van der Waals surface area contributed by atoms with Gasteiger partial charge in [0.15, 0.2) is 6.61 Å². The van der Waals surface area contributed by atoms with Crippen LogP contribution in [0.15, 0.2) is 54.6 Å². The molecule has 0 bridgehead atoms. The summed E-state index contributed by atoms with van der Waals surface area (Å²) in [7, 11) is 1.60. The molecule has 1 unspecified atom stereocenters. The van der Waals surface area contributed by atoms with Crippen LogP contribution in [0.1, 0.15) is 18.4 Å². The average Bonchev–Trinajstić information content (AvgIpc) is 3.23. The van der Waals surface area contributed by atoms with Gasteiger partial charge in [0.25, 0.3) is 5.91 Å². The van der Waals surface area contributed by atoms with E-state index in [1.54, 1.807) is 36.3 Å². The number of carbonyl (C=O) groups is 2. The van der Waals surface area contributed by atoms with E-state index < -0.39 is 5.54 Å². The zero-order valence-electron chi connectivity index (χ0n) is 17.8. The Hall–Kier alpha value is -3.06. The SMILES string of the molecule is COc1ccc(OCC(=O)N2CCC(=O)N(Cc3ccccc3)C3(CCOC3)C2)cc1. The van der Waals surface area contributed by atoms with Gasteiger partial charge in [-0.15, -0.1) is 0 Å². The van der Waals surface area contributed by atoms with Crippen LogP contribution in [0.5, 0.6) is 11.5 Å². The lowest BCUT2D eigenvalue weighted by Gasteiger charge is -2.40. The summed E-state index contributed by atoms with van der Waals surface area (Å²) in [6, 6.07) is 17.1. The number of benzene rings is 2. The maximum Gasteiger partial charge on any atom is 0.260 e. The van der Waals surface area contributed by atoms with E-state index in [9.17, 15) is 9.59 Å². The molecule has 2 fully saturated rings. The largest absolute Gasteiger partial charge is 0.497 e. The molecule has 31 heavy (non-hydrogen) atoms. The molecule has 2 amide bonds. The van der Waals surface area contributed by atoms with Crippen LogP contribution in [0.3, 0.4) is 0 Å². The minimum atomic E-state index is -0.501. The third kappa shape index (κ3) is 4.82. The highest BCUT2D eigenvalue weighted by molar-refractivity contribution is 5.82.